The van der Waals surface area contributed by atoms with E-state index in [4.69, 9.17) is 9.47 Å². The van der Waals surface area contributed by atoms with E-state index in [1.54, 1.807) is 38.6 Å². The van der Waals surface area contributed by atoms with Crippen LogP contribution in [0.3, 0.4) is 0 Å². The van der Waals surface area contributed by atoms with E-state index in [0.717, 1.165) is 29.4 Å². The molecule has 0 aliphatic rings. The summed E-state index contributed by atoms with van der Waals surface area (Å²) >= 11 is 0. The molecule has 2 aromatic carbocycles. The number of ether oxygens (including phenoxy) is 2. The number of hydrogen-bond donors (Lipinski definition) is 1. The van der Waals surface area contributed by atoms with Crippen molar-refractivity contribution in [3.05, 3.63) is 59.5 Å². The number of amides is 1. The van der Waals surface area contributed by atoms with Crippen LogP contribution in [0.4, 0.5) is 10.1 Å². The Labute approximate surface area is 175 Å². The van der Waals surface area contributed by atoms with E-state index in [9.17, 15) is 9.18 Å². The smallest absolute Gasteiger partial charge is 0.224 e. The molecule has 0 aliphatic carbocycles. The summed E-state index contributed by atoms with van der Waals surface area (Å²) in [6.07, 6.45) is 7.66. The largest absolute Gasteiger partial charge is 0.494 e. The number of fused-ring (bicyclic) bond motifs is 1. The maximum absolute atomic E-state index is 13.2. The number of carbonyl (C=O) groups is 1. The number of hydrogen-bond acceptors (Lipinski definition) is 4. The number of anilines is 1. The number of nitrogens with one attached hydrogen (secondary N) is 1. The van der Waals surface area contributed by atoms with Crippen LogP contribution in [0.2, 0.25) is 0 Å². The van der Waals surface area contributed by atoms with E-state index in [1.807, 2.05) is 25.1 Å². The van der Waals surface area contributed by atoms with Crippen LogP contribution >= 0.6 is 0 Å². The molecule has 1 aromatic heterocycles. The molecule has 0 unspecified atom stereocenters. The average Bonchev–Trinajstić information content (AvgIpc) is 2.76. The summed E-state index contributed by atoms with van der Waals surface area (Å²) in [6.45, 7) is 2.04. The van der Waals surface area contributed by atoms with Gasteiger partial charge in [0.25, 0.3) is 0 Å². The first-order valence-electron chi connectivity index (χ1n) is 9.84. The van der Waals surface area contributed by atoms with Gasteiger partial charge in [-0.15, -0.1) is 0 Å². The van der Waals surface area contributed by atoms with E-state index in [2.05, 4.69) is 10.3 Å². The molecule has 1 heterocycles. The van der Waals surface area contributed by atoms with Gasteiger partial charge in [-0.2, -0.15) is 0 Å². The Morgan fingerprint density at radius 3 is 2.57 bits per heavy atom. The molecule has 3 aromatic rings. The molecule has 0 saturated heterocycles. The van der Waals surface area contributed by atoms with Crippen LogP contribution in [0.25, 0.3) is 23.1 Å². The first-order valence-corrected chi connectivity index (χ1v) is 9.84. The minimum absolute atomic E-state index is 0.0798. The Balaban J connectivity index is 2.10. The van der Waals surface area contributed by atoms with Crippen LogP contribution in [-0.2, 0) is 4.79 Å². The monoisotopic (exact) mass is 408 g/mol. The molecule has 1 amide bonds. The second-order valence-corrected chi connectivity index (χ2v) is 6.82. The Morgan fingerprint density at radius 2 is 1.90 bits per heavy atom. The molecule has 30 heavy (non-hydrogen) atoms. The fourth-order valence-corrected chi connectivity index (χ4v) is 3.21. The van der Waals surface area contributed by atoms with Crippen molar-refractivity contribution in [2.75, 3.05) is 19.5 Å². The molecule has 156 valence electrons. The number of halogens is 1. The highest BCUT2D eigenvalue weighted by atomic mass is 19.1. The Kier molecular flexibility index (Phi) is 7.01. The maximum Gasteiger partial charge on any atom is 0.224 e. The van der Waals surface area contributed by atoms with Gasteiger partial charge in [0.2, 0.25) is 5.91 Å². The van der Waals surface area contributed by atoms with E-state index < -0.39 is 0 Å². The molecular weight excluding hydrogens is 383 g/mol. The lowest BCUT2D eigenvalue weighted by atomic mass is 10.0. The summed E-state index contributed by atoms with van der Waals surface area (Å²) in [6, 6.07) is 9.81. The highest BCUT2D eigenvalue weighted by Gasteiger charge is 2.18. The Hall–Kier alpha value is -3.41. The molecule has 3 rings (SSSR count). The van der Waals surface area contributed by atoms with Gasteiger partial charge in [-0.25, -0.2) is 4.39 Å². The topological polar surface area (TPSA) is 60.5 Å². The van der Waals surface area contributed by atoms with Crippen molar-refractivity contribution in [1.82, 2.24) is 4.98 Å². The standard InChI is InChI=1S/C24H25FN2O3/c1-4-5-6-21(28)27-19-15-20(29-2)23-22(24(19)30-3)17(13-14-26-23)10-7-16-8-11-18(25)12-9-16/h7-15H,4-6H2,1-3H3,(H,27,28)/b10-7+. The number of aromatic nitrogens is 1. The third-order valence-corrected chi connectivity index (χ3v) is 4.74. The number of pyridine rings is 1. The van der Waals surface area contributed by atoms with Gasteiger partial charge in [0.15, 0.2) is 5.75 Å². The van der Waals surface area contributed by atoms with Crippen molar-refractivity contribution in [2.45, 2.75) is 26.2 Å². The van der Waals surface area contributed by atoms with Crippen LogP contribution < -0.4 is 14.8 Å². The van der Waals surface area contributed by atoms with Crippen LogP contribution in [0.1, 0.15) is 37.3 Å². The molecular formula is C24H25FN2O3. The molecule has 0 radical (unpaired) electrons. The molecule has 6 heteroatoms. The molecule has 0 saturated carbocycles. The summed E-state index contributed by atoms with van der Waals surface area (Å²) in [7, 11) is 3.12. The fraction of sp³-hybridized carbons (Fsp3) is 0.250. The zero-order chi connectivity index (χ0) is 21.5. The summed E-state index contributed by atoms with van der Waals surface area (Å²) in [5.74, 6) is 0.691. The van der Waals surface area contributed by atoms with Gasteiger partial charge in [0.1, 0.15) is 17.1 Å². The maximum atomic E-state index is 13.2. The lowest BCUT2D eigenvalue weighted by Crippen LogP contribution is -2.12. The third-order valence-electron chi connectivity index (χ3n) is 4.74. The lowest BCUT2D eigenvalue weighted by molar-refractivity contribution is -0.116. The van der Waals surface area contributed by atoms with Gasteiger partial charge >= 0.3 is 0 Å². The highest BCUT2D eigenvalue weighted by molar-refractivity contribution is 6.04. The average molecular weight is 408 g/mol. The molecule has 0 fully saturated rings. The quantitative estimate of drug-likeness (QED) is 0.520. The van der Waals surface area contributed by atoms with Gasteiger partial charge in [0, 0.05) is 18.7 Å². The fourth-order valence-electron chi connectivity index (χ4n) is 3.21. The minimum atomic E-state index is -0.281. The molecule has 0 atom stereocenters. The predicted molar refractivity (Wildman–Crippen MR) is 118 cm³/mol. The van der Waals surface area contributed by atoms with Crippen LogP contribution in [-0.4, -0.2) is 25.1 Å². The van der Waals surface area contributed by atoms with E-state index in [0.29, 0.717) is 29.1 Å². The number of benzene rings is 2. The second-order valence-electron chi connectivity index (χ2n) is 6.82. The molecule has 0 aliphatic heterocycles. The SMILES string of the molecule is CCCCC(=O)Nc1cc(OC)c2nccc(/C=C/c3ccc(F)cc3)c2c1OC. The lowest BCUT2D eigenvalue weighted by Gasteiger charge is -2.16. The third kappa shape index (κ3) is 4.76. The van der Waals surface area contributed by atoms with Crippen molar-refractivity contribution in [1.29, 1.82) is 0 Å². The first kappa shape index (κ1) is 21.3. The summed E-state index contributed by atoms with van der Waals surface area (Å²) < 4.78 is 24.4. The van der Waals surface area contributed by atoms with Crippen molar-refractivity contribution in [3.63, 3.8) is 0 Å². The van der Waals surface area contributed by atoms with Gasteiger partial charge < -0.3 is 14.8 Å². The Bertz CT molecular complexity index is 1060. The second kappa shape index (κ2) is 9.87. The molecule has 1 N–H and O–H groups in total. The van der Waals surface area contributed by atoms with Crippen LogP contribution in [0.5, 0.6) is 11.5 Å². The van der Waals surface area contributed by atoms with Crippen LogP contribution in [0, 0.1) is 5.82 Å². The molecule has 0 spiro atoms. The number of carbonyl (C=O) groups excluding carboxylic acids is 1. The van der Waals surface area contributed by atoms with Crippen molar-refractivity contribution in [3.8, 4) is 11.5 Å². The normalized spacial score (nSPS) is 11.1. The first-order chi connectivity index (χ1) is 14.6. The van der Waals surface area contributed by atoms with E-state index >= 15 is 0 Å². The number of unbranched alkanes of at least 4 members (excludes halogenated alkanes) is 1. The number of nitrogens with zero attached hydrogens (tertiary/aromatic N) is 1. The van der Waals surface area contributed by atoms with Crippen LogP contribution in [0.15, 0.2) is 42.6 Å². The zero-order valence-electron chi connectivity index (χ0n) is 17.4. The van der Waals surface area contributed by atoms with E-state index in [-0.39, 0.29) is 11.7 Å². The molecule has 0 bridgehead atoms. The number of methoxy groups -OCH3 is 2. The van der Waals surface area contributed by atoms with Gasteiger partial charge in [-0.05, 0) is 35.7 Å². The van der Waals surface area contributed by atoms with Crippen molar-refractivity contribution >= 4 is 34.6 Å². The van der Waals surface area contributed by atoms with Crippen molar-refractivity contribution in [2.24, 2.45) is 0 Å². The zero-order valence-corrected chi connectivity index (χ0v) is 17.4. The highest BCUT2D eigenvalue weighted by Crippen LogP contribution is 2.41. The van der Waals surface area contributed by atoms with Gasteiger partial charge in [0.05, 0.1) is 25.3 Å². The van der Waals surface area contributed by atoms with Crippen molar-refractivity contribution < 1.29 is 18.7 Å². The van der Waals surface area contributed by atoms with E-state index in [1.165, 1.54) is 12.1 Å². The summed E-state index contributed by atoms with van der Waals surface area (Å²) in [4.78, 5) is 16.8. The summed E-state index contributed by atoms with van der Waals surface area (Å²) in [5.41, 5.74) is 2.86. The summed E-state index contributed by atoms with van der Waals surface area (Å²) in [5, 5.41) is 3.66. The van der Waals surface area contributed by atoms with Gasteiger partial charge in [-0.3, -0.25) is 9.78 Å². The minimum Gasteiger partial charge on any atom is -0.494 e. The molecule has 5 nitrogen and oxygen atoms in total. The Morgan fingerprint density at radius 1 is 1.13 bits per heavy atom. The number of rotatable bonds is 8. The predicted octanol–water partition coefficient (Wildman–Crippen LogP) is 5.69. The van der Waals surface area contributed by atoms with Gasteiger partial charge in [-0.1, -0.05) is 37.6 Å².